The zero-order valence-electron chi connectivity index (χ0n) is 9.50. The van der Waals surface area contributed by atoms with Crippen molar-refractivity contribution in [3.63, 3.8) is 0 Å². The first-order valence-electron chi connectivity index (χ1n) is 5.48. The zero-order chi connectivity index (χ0) is 13.2. The van der Waals surface area contributed by atoms with E-state index >= 15 is 0 Å². The fourth-order valence-electron chi connectivity index (χ4n) is 1.68. The van der Waals surface area contributed by atoms with Crippen LogP contribution >= 0.6 is 0 Å². The van der Waals surface area contributed by atoms with Crippen LogP contribution in [0.25, 0.3) is 0 Å². The van der Waals surface area contributed by atoms with Gasteiger partial charge in [-0.15, -0.1) is 0 Å². The van der Waals surface area contributed by atoms with Gasteiger partial charge in [0, 0.05) is 25.1 Å². The van der Waals surface area contributed by atoms with Crippen LogP contribution < -0.4 is 11.1 Å². The lowest BCUT2D eigenvalue weighted by molar-refractivity contribution is -0.144. The highest BCUT2D eigenvalue weighted by molar-refractivity contribution is 5.44. The summed E-state index contributed by atoms with van der Waals surface area (Å²) >= 11 is 0. The number of hydrogen-bond donors (Lipinski definition) is 2. The minimum Gasteiger partial charge on any atom is -0.384 e. The van der Waals surface area contributed by atoms with Crippen molar-refractivity contribution in [2.24, 2.45) is 5.92 Å². The van der Waals surface area contributed by atoms with Gasteiger partial charge in [0.1, 0.15) is 11.6 Å². The van der Waals surface area contributed by atoms with Gasteiger partial charge in [-0.2, -0.15) is 13.2 Å². The standard InChI is InChI=1S/C10H13F3N4O/c11-10(12,13)9-16-7(14)3-8(17-9)15-4-6-1-2-18-5-6/h3,6H,1-2,4-5H2,(H3,14,15,16,17). The summed E-state index contributed by atoms with van der Waals surface area (Å²) in [6.07, 6.45) is -3.71. The molecule has 100 valence electrons. The van der Waals surface area contributed by atoms with E-state index in [-0.39, 0.29) is 17.6 Å². The normalized spacial score (nSPS) is 20.1. The van der Waals surface area contributed by atoms with Crippen LogP contribution in [0.3, 0.4) is 0 Å². The van der Waals surface area contributed by atoms with E-state index in [0.717, 1.165) is 6.42 Å². The Morgan fingerprint density at radius 2 is 2.22 bits per heavy atom. The van der Waals surface area contributed by atoms with E-state index in [4.69, 9.17) is 10.5 Å². The molecule has 0 amide bonds. The van der Waals surface area contributed by atoms with Crippen LogP contribution in [0, 0.1) is 5.92 Å². The number of anilines is 2. The van der Waals surface area contributed by atoms with Gasteiger partial charge in [-0.25, -0.2) is 9.97 Å². The first kappa shape index (κ1) is 12.9. The van der Waals surface area contributed by atoms with E-state index in [0.29, 0.717) is 19.8 Å². The minimum atomic E-state index is -4.59. The van der Waals surface area contributed by atoms with Gasteiger partial charge < -0.3 is 15.8 Å². The number of hydrogen-bond acceptors (Lipinski definition) is 5. The Kier molecular flexibility index (Phi) is 3.55. The summed E-state index contributed by atoms with van der Waals surface area (Å²) in [7, 11) is 0. The van der Waals surface area contributed by atoms with Gasteiger partial charge in [-0.3, -0.25) is 0 Å². The van der Waals surface area contributed by atoms with Crippen molar-refractivity contribution in [2.45, 2.75) is 12.6 Å². The summed E-state index contributed by atoms with van der Waals surface area (Å²) < 4.78 is 42.6. The Balaban J connectivity index is 2.05. The van der Waals surface area contributed by atoms with Crippen LogP contribution in [0.2, 0.25) is 0 Å². The number of nitrogens with one attached hydrogen (secondary N) is 1. The highest BCUT2D eigenvalue weighted by Crippen LogP contribution is 2.27. The Bertz CT molecular complexity index is 418. The number of nitrogens with zero attached hydrogens (tertiary/aromatic N) is 2. The highest BCUT2D eigenvalue weighted by Gasteiger charge is 2.35. The van der Waals surface area contributed by atoms with Crippen molar-refractivity contribution in [3.05, 3.63) is 11.9 Å². The lowest BCUT2D eigenvalue weighted by Gasteiger charge is -2.12. The molecule has 3 N–H and O–H groups in total. The molecule has 1 unspecified atom stereocenters. The first-order chi connectivity index (χ1) is 8.45. The fraction of sp³-hybridized carbons (Fsp3) is 0.600. The first-order valence-corrected chi connectivity index (χ1v) is 5.48. The van der Waals surface area contributed by atoms with Gasteiger partial charge in [-0.1, -0.05) is 0 Å². The Labute approximate surface area is 102 Å². The van der Waals surface area contributed by atoms with Crippen LogP contribution in [0.4, 0.5) is 24.8 Å². The summed E-state index contributed by atoms with van der Waals surface area (Å²) in [4.78, 5) is 6.56. The molecular formula is C10H13F3N4O. The fourth-order valence-corrected chi connectivity index (χ4v) is 1.68. The van der Waals surface area contributed by atoms with Crippen molar-refractivity contribution in [2.75, 3.05) is 30.8 Å². The summed E-state index contributed by atoms with van der Waals surface area (Å²) in [6, 6.07) is 1.28. The quantitative estimate of drug-likeness (QED) is 0.864. The second-order valence-corrected chi connectivity index (χ2v) is 4.11. The number of ether oxygens (including phenoxy) is 1. The lowest BCUT2D eigenvalue weighted by atomic mass is 10.1. The van der Waals surface area contributed by atoms with E-state index in [2.05, 4.69) is 15.3 Å². The van der Waals surface area contributed by atoms with Crippen LogP contribution in [-0.4, -0.2) is 29.7 Å². The number of nitrogens with two attached hydrogens (primary N) is 1. The third-order valence-corrected chi connectivity index (χ3v) is 2.60. The molecular weight excluding hydrogens is 249 g/mol. The topological polar surface area (TPSA) is 73.1 Å². The molecule has 0 saturated carbocycles. The molecule has 0 aromatic carbocycles. The number of halogens is 3. The van der Waals surface area contributed by atoms with Crippen LogP contribution in [0.1, 0.15) is 12.2 Å². The van der Waals surface area contributed by atoms with Crippen molar-refractivity contribution in [1.82, 2.24) is 9.97 Å². The van der Waals surface area contributed by atoms with Crippen molar-refractivity contribution in [3.8, 4) is 0 Å². The van der Waals surface area contributed by atoms with Crippen molar-refractivity contribution >= 4 is 11.6 Å². The molecule has 0 bridgehead atoms. The smallest absolute Gasteiger partial charge is 0.384 e. The van der Waals surface area contributed by atoms with E-state index in [1.807, 2.05) is 0 Å². The highest BCUT2D eigenvalue weighted by atomic mass is 19.4. The van der Waals surface area contributed by atoms with Crippen molar-refractivity contribution < 1.29 is 17.9 Å². The van der Waals surface area contributed by atoms with Gasteiger partial charge in [-0.05, 0) is 6.42 Å². The second-order valence-electron chi connectivity index (χ2n) is 4.11. The molecule has 1 aromatic rings. The Morgan fingerprint density at radius 1 is 1.44 bits per heavy atom. The third kappa shape index (κ3) is 3.22. The molecule has 1 aliphatic rings. The van der Waals surface area contributed by atoms with Crippen LogP contribution in [-0.2, 0) is 10.9 Å². The maximum atomic E-state index is 12.5. The molecule has 18 heavy (non-hydrogen) atoms. The lowest BCUT2D eigenvalue weighted by Crippen LogP contribution is -2.18. The van der Waals surface area contributed by atoms with E-state index in [9.17, 15) is 13.2 Å². The van der Waals surface area contributed by atoms with Gasteiger partial charge in [0.25, 0.3) is 0 Å². The predicted molar refractivity (Wildman–Crippen MR) is 58.9 cm³/mol. The van der Waals surface area contributed by atoms with Crippen LogP contribution in [0.5, 0.6) is 0 Å². The van der Waals surface area contributed by atoms with Crippen LogP contribution in [0.15, 0.2) is 6.07 Å². The number of alkyl halides is 3. The molecule has 1 saturated heterocycles. The van der Waals surface area contributed by atoms with Gasteiger partial charge in [0.05, 0.1) is 6.61 Å². The molecule has 8 heteroatoms. The maximum Gasteiger partial charge on any atom is 0.451 e. The summed E-state index contributed by atoms with van der Waals surface area (Å²) in [5.41, 5.74) is 5.32. The number of rotatable bonds is 3. The molecule has 2 heterocycles. The predicted octanol–water partition coefficient (Wildman–Crippen LogP) is 1.53. The summed E-state index contributed by atoms with van der Waals surface area (Å²) in [5.74, 6) is -1.06. The molecule has 1 fully saturated rings. The molecule has 0 radical (unpaired) electrons. The second kappa shape index (κ2) is 4.97. The maximum absolute atomic E-state index is 12.5. The monoisotopic (exact) mass is 262 g/mol. The van der Waals surface area contributed by atoms with E-state index in [1.54, 1.807) is 0 Å². The molecule has 1 atom stereocenters. The number of nitrogen functional groups attached to an aromatic ring is 1. The molecule has 1 aromatic heterocycles. The van der Waals surface area contributed by atoms with E-state index < -0.39 is 12.0 Å². The molecule has 2 rings (SSSR count). The van der Waals surface area contributed by atoms with E-state index in [1.165, 1.54) is 6.07 Å². The molecule has 5 nitrogen and oxygen atoms in total. The molecule has 0 spiro atoms. The Morgan fingerprint density at radius 3 is 2.83 bits per heavy atom. The zero-order valence-corrected chi connectivity index (χ0v) is 9.50. The summed E-state index contributed by atoms with van der Waals surface area (Å²) in [5, 5.41) is 2.83. The largest absolute Gasteiger partial charge is 0.451 e. The number of aromatic nitrogens is 2. The third-order valence-electron chi connectivity index (χ3n) is 2.60. The average Bonchev–Trinajstić information content (AvgIpc) is 2.77. The molecule has 0 aliphatic carbocycles. The SMILES string of the molecule is Nc1cc(NCC2CCOC2)nc(C(F)(F)F)n1. The molecule has 1 aliphatic heterocycles. The Hall–Kier alpha value is -1.57. The van der Waals surface area contributed by atoms with Gasteiger partial charge in [0.2, 0.25) is 5.82 Å². The van der Waals surface area contributed by atoms with Crippen molar-refractivity contribution in [1.29, 1.82) is 0 Å². The van der Waals surface area contributed by atoms with Gasteiger partial charge in [0.15, 0.2) is 0 Å². The van der Waals surface area contributed by atoms with Gasteiger partial charge >= 0.3 is 6.18 Å². The average molecular weight is 262 g/mol. The summed E-state index contributed by atoms with van der Waals surface area (Å²) in [6.45, 7) is 1.81. The minimum absolute atomic E-state index is 0.0849.